The van der Waals surface area contributed by atoms with Gasteiger partial charge in [-0.15, -0.1) is 0 Å². The van der Waals surface area contributed by atoms with Crippen molar-refractivity contribution in [1.29, 1.82) is 0 Å². The van der Waals surface area contributed by atoms with Crippen molar-refractivity contribution < 1.29 is 5.11 Å². The molecule has 19 heavy (non-hydrogen) atoms. The molecule has 3 N–H and O–H groups in total. The van der Waals surface area contributed by atoms with E-state index in [1.54, 1.807) is 0 Å². The zero-order chi connectivity index (χ0) is 13.4. The van der Waals surface area contributed by atoms with E-state index in [4.69, 9.17) is 5.73 Å². The van der Waals surface area contributed by atoms with Crippen LogP contribution in [0.4, 0.5) is 0 Å². The molecule has 4 rings (SSSR count). The van der Waals surface area contributed by atoms with Gasteiger partial charge in [-0.3, -0.25) is 0 Å². The van der Waals surface area contributed by atoms with Crippen LogP contribution < -0.4 is 5.73 Å². The second kappa shape index (κ2) is 3.31. The fourth-order valence-electron chi connectivity index (χ4n) is 5.10. The SMILES string of the molecule is C=C1CC23CC1(O)CCC2c1cccc(C)c1C3N. The molecule has 2 saturated carbocycles. The summed E-state index contributed by atoms with van der Waals surface area (Å²) in [6.45, 7) is 6.29. The summed E-state index contributed by atoms with van der Waals surface area (Å²) in [4.78, 5) is 0. The minimum atomic E-state index is -0.649. The maximum atomic E-state index is 10.7. The van der Waals surface area contributed by atoms with Crippen molar-refractivity contribution in [2.75, 3.05) is 0 Å². The Hall–Kier alpha value is -1.12. The minimum absolute atomic E-state index is 0.0263. The Labute approximate surface area is 114 Å². The predicted octanol–water partition coefficient (Wildman–Crippen LogP) is 2.95. The van der Waals surface area contributed by atoms with E-state index in [1.807, 2.05) is 0 Å². The minimum Gasteiger partial charge on any atom is -0.386 e. The summed E-state index contributed by atoms with van der Waals surface area (Å²) in [5, 5.41) is 10.7. The Morgan fingerprint density at radius 1 is 1.42 bits per heavy atom. The van der Waals surface area contributed by atoms with Crippen LogP contribution in [0.25, 0.3) is 0 Å². The largest absolute Gasteiger partial charge is 0.386 e. The highest BCUT2D eigenvalue weighted by Crippen LogP contribution is 2.69. The lowest BCUT2D eigenvalue weighted by Gasteiger charge is -2.41. The number of benzene rings is 1. The van der Waals surface area contributed by atoms with E-state index in [-0.39, 0.29) is 11.5 Å². The van der Waals surface area contributed by atoms with E-state index in [0.29, 0.717) is 5.92 Å². The number of fused-ring (bicyclic) bond motifs is 3. The van der Waals surface area contributed by atoms with Crippen molar-refractivity contribution >= 4 is 0 Å². The van der Waals surface area contributed by atoms with Gasteiger partial charge < -0.3 is 10.8 Å². The maximum Gasteiger partial charge on any atom is 0.0860 e. The normalized spacial score (nSPS) is 43.2. The van der Waals surface area contributed by atoms with E-state index >= 15 is 0 Å². The number of hydrogen-bond acceptors (Lipinski definition) is 2. The molecule has 4 atom stereocenters. The molecule has 3 aliphatic carbocycles. The first-order chi connectivity index (χ1) is 8.98. The fourth-order valence-corrected chi connectivity index (χ4v) is 5.10. The first-order valence-electron chi connectivity index (χ1n) is 7.24. The van der Waals surface area contributed by atoms with E-state index in [0.717, 1.165) is 31.3 Å². The number of rotatable bonds is 0. The van der Waals surface area contributed by atoms with Crippen molar-refractivity contribution in [1.82, 2.24) is 0 Å². The van der Waals surface area contributed by atoms with Gasteiger partial charge in [0.15, 0.2) is 0 Å². The highest BCUT2D eigenvalue weighted by Gasteiger charge is 2.63. The van der Waals surface area contributed by atoms with Crippen LogP contribution in [0.1, 0.15) is 54.3 Å². The molecule has 2 heteroatoms. The average molecular weight is 255 g/mol. The van der Waals surface area contributed by atoms with Crippen molar-refractivity contribution in [3.63, 3.8) is 0 Å². The van der Waals surface area contributed by atoms with Gasteiger partial charge in [0.25, 0.3) is 0 Å². The van der Waals surface area contributed by atoms with E-state index in [9.17, 15) is 5.11 Å². The summed E-state index contributed by atoms with van der Waals surface area (Å²) >= 11 is 0. The third-order valence-electron chi connectivity index (χ3n) is 6.03. The second-order valence-corrected chi connectivity index (χ2v) is 6.87. The Morgan fingerprint density at radius 3 is 3.00 bits per heavy atom. The molecule has 2 nitrogen and oxygen atoms in total. The standard InChI is InChI=1S/C17H21NO/c1-10-4-3-5-12-13-6-7-17(19)9-16(13,8-11(17)2)15(18)14(10)12/h3-5,13,15,19H,2,6-9,18H2,1H3. The van der Waals surface area contributed by atoms with Gasteiger partial charge in [0.1, 0.15) is 0 Å². The summed E-state index contributed by atoms with van der Waals surface area (Å²) in [6.07, 6.45) is 3.58. The monoisotopic (exact) mass is 255 g/mol. The van der Waals surface area contributed by atoms with Gasteiger partial charge in [0.2, 0.25) is 0 Å². The summed E-state index contributed by atoms with van der Waals surface area (Å²) in [5.41, 5.74) is 11.1. The topological polar surface area (TPSA) is 46.2 Å². The Balaban J connectivity index is 1.93. The first kappa shape index (κ1) is 11.7. The molecule has 0 heterocycles. The van der Waals surface area contributed by atoms with Crippen LogP contribution in [0.15, 0.2) is 30.4 Å². The molecule has 1 spiro atoms. The molecule has 100 valence electrons. The lowest BCUT2D eigenvalue weighted by molar-refractivity contribution is 0.00676. The van der Waals surface area contributed by atoms with Crippen LogP contribution in [0.2, 0.25) is 0 Å². The molecule has 1 aromatic rings. The van der Waals surface area contributed by atoms with Gasteiger partial charge in [0, 0.05) is 11.5 Å². The van der Waals surface area contributed by atoms with Gasteiger partial charge in [0.05, 0.1) is 5.60 Å². The van der Waals surface area contributed by atoms with Gasteiger partial charge in [-0.25, -0.2) is 0 Å². The number of hydrogen-bond donors (Lipinski definition) is 2. The van der Waals surface area contributed by atoms with Crippen molar-refractivity contribution in [3.8, 4) is 0 Å². The first-order valence-corrected chi connectivity index (χ1v) is 7.24. The van der Waals surface area contributed by atoms with Gasteiger partial charge in [-0.1, -0.05) is 24.8 Å². The molecule has 0 saturated heterocycles. The molecular formula is C17H21NO. The van der Waals surface area contributed by atoms with Crippen molar-refractivity contribution in [2.24, 2.45) is 11.1 Å². The summed E-state index contributed by atoms with van der Waals surface area (Å²) in [7, 11) is 0. The summed E-state index contributed by atoms with van der Waals surface area (Å²) in [6, 6.07) is 6.60. The van der Waals surface area contributed by atoms with Crippen LogP contribution in [0.3, 0.4) is 0 Å². The van der Waals surface area contributed by atoms with Gasteiger partial charge in [-0.2, -0.15) is 0 Å². The van der Waals surface area contributed by atoms with Gasteiger partial charge in [-0.05, 0) is 60.8 Å². The molecule has 2 fully saturated rings. The van der Waals surface area contributed by atoms with Crippen molar-refractivity contribution in [3.05, 3.63) is 47.0 Å². The van der Waals surface area contributed by atoms with Crippen molar-refractivity contribution in [2.45, 2.75) is 50.2 Å². The lowest BCUT2D eigenvalue weighted by Crippen LogP contribution is -2.40. The van der Waals surface area contributed by atoms with Crippen LogP contribution >= 0.6 is 0 Å². The van der Waals surface area contributed by atoms with Crippen LogP contribution in [-0.2, 0) is 0 Å². The number of aliphatic hydroxyl groups is 1. The highest BCUT2D eigenvalue weighted by molar-refractivity contribution is 5.50. The molecule has 2 bridgehead atoms. The molecule has 0 radical (unpaired) electrons. The molecule has 0 aromatic heterocycles. The Morgan fingerprint density at radius 2 is 2.21 bits per heavy atom. The maximum absolute atomic E-state index is 10.7. The zero-order valence-electron chi connectivity index (χ0n) is 11.4. The van der Waals surface area contributed by atoms with Crippen LogP contribution in [0, 0.1) is 12.3 Å². The quantitative estimate of drug-likeness (QED) is 0.700. The van der Waals surface area contributed by atoms with Gasteiger partial charge >= 0.3 is 0 Å². The van der Waals surface area contributed by atoms with E-state index in [1.165, 1.54) is 16.7 Å². The second-order valence-electron chi connectivity index (χ2n) is 6.87. The average Bonchev–Trinajstić information content (AvgIpc) is 2.71. The zero-order valence-corrected chi connectivity index (χ0v) is 11.4. The highest BCUT2D eigenvalue weighted by atomic mass is 16.3. The Bertz CT molecular complexity index is 593. The Kier molecular flexibility index (Phi) is 2.03. The van der Waals surface area contributed by atoms with Crippen LogP contribution in [0.5, 0.6) is 0 Å². The smallest absolute Gasteiger partial charge is 0.0860 e. The summed E-state index contributed by atoms with van der Waals surface area (Å²) in [5.74, 6) is 0.511. The molecule has 1 aromatic carbocycles. The lowest BCUT2D eigenvalue weighted by atomic mass is 9.65. The number of aryl methyl sites for hydroxylation is 1. The number of nitrogens with two attached hydrogens (primary N) is 1. The molecular weight excluding hydrogens is 234 g/mol. The molecule has 0 amide bonds. The van der Waals surface area contributed by atoms with E-state index in [2.05, 4.69) is 31.7 Å². The fraction of sp³-hybridized carbons (Fsp3) is 0.529. The molecule has 0 aliphatic heterocycles. The van der Waals surface area contributed by atoms with E-state index < -0.39 is 5.60 Å². The third-order valence-corrected chi connectivity index (χ3v) is 6.03. The summed E-state index contributed by atoms with van der Waals surface area (Å²) < 4.78 is 0. The predicted molar refractivity (Wildman–Crippen MR) is 75.8 cm³/mol. The van der Waals surface area contributed by atoms with Crippen LogP contribution in [-0.4, -0.2) is 10.7 Å². The molecule has 3 aliphatic rings. The third kappa shape index (κ3) is 1.20. The molecule has 4 unspecified atom stereocenters.